The summed E-state index contributed by atoms with van der Waals surface area (Å²) in [5.74, 6) is 0.417. The fraction of sp³-hybridized carbons (Fsp3) is 0.421. The highest BCUT2D eigenvalue weighted by molar-refractivity contribution is 7.25. The van der Waals surface area contributed by atoms with Gasteiger partial charge in [0.05, 0.1) is 5.39 Å². The highest BCUT2D eigenvalue weighted by atomic mass is 35.5. The molecule has 0 amide bonds. The molecule has 1 aliphatic rings. The van der Waals surface area contributed by atoms with Crippen molar-refractivity contribution in [1.82, 2.24) is 14.9 Å². The predicted octanol–water partition coefficient (Wildman–Crippen LogP) is 4.69. The summed E-state index contributed by atoms with van der Waals surface area (Å²) in [6.45, 7) is 0. The van der Waals surface area contributed by atoms with E-state index < -0.39 is 5.24 Å². The Balaban J connectivity index is 0.000000185. The molecule has 1 saturated carbocycles. The van der Waals surface area contributed by atoms with Crippen LogP contribution in [0.2, 0.25) is 0 Å². The normalized spacial score (nSPS) is 15.2. The maximum atomic E-state index is 11.1. The number of anilines is 1. The van der Waals surface area contributed by atoms with E-state index in [9.17, 15) is 4.79 Å². The van der Waals surface area contributed by atoms with Crippen LogP contribution in [0.5, 0.6) is 0 Å². The third kappa shape index (κ3) is 4.14. The first-order valence-electron chi connectivity index (χ1n) is 8.76. The molecule has 0 spiro atoms. The monoisotopic (exact) mass is 390 g/mol. The first kappa shape index (κ1) is 19.0. The van der Waals surface area contributed by atoms with Crippen LogP contribution < -0.4 is 5.73 Å². The molecule has 3 aromatic rings. The van der Waals surface area contributed by atoms with E-state index in [0.29, 0.717) is 11.4 Å². The molecule has 7 heteroatoms. The molecule has 0 unspecified atom stereocenters. The average Bonchev–Trinajstić information content (AvgIpc) is 3.02. The van der Waals surface area contributed by atoms with Crippen LogP contribution in [0.4, 0.5) is 5.82 Å². The lowest BCUT2D eigenvalue weighted by Gasteiger charge is -2.27. The summed E-state index contributed by atoms with van der Waals surface area (Å²) in [6.07, 6.45) is 8.64. The van der Waals surface area contributed by atoms with Crippen LogP contribution in [0.25, 0.3) is 20.3 Å². The van der Waals surface area contributed by atoms with E-state index in [-0.39, 0.29) is 0 Å². The molecule has 1 aliphatic carbocycles. The second kappa shape index (κ2) is 8.29. The Morgan fingerprint density at radius 1 is 1.23 bits per heavy atom. The van der Waals surface area contributed by atoms with E-state index in [1.54, 1.807) is 12.1 Å². The van der Waals surface area contributed by atoms with Crippen LogP contribution in [0.1, 0.15) is 42.5 Å². The Bertz CT molecular complexity index is 918. The lowest BCUT2D eigenvalue weighted by atomic mass is 9.95. The topological polar surface area (TPSA) is 72.1 Å². The number of rotatable bonds is 2. The molecule has 0 saturated heterocycles. The van der Waals surface area contributed by atoms with Crippen molar-refractivity contribution in [3.8, 4) is 0 Å². The van der Waals surface area contributed by atoms with Crippen molar-refractivity contribution >= 4 is 54.3 Å². The van der Waals surface area contributed by atoms with Crippen molar-refractivity contribution in [2.75, 3.05) is 19.8 Å². The van der Waals surface area contributed by atoms with E-state index in [1.165, 1.54) is 49.8 Å². The summed E-state index contributed by atoms with van der Waals surface area (Å²) >= 11 is 6.97. The molecule has 1 fully saturated rings. The second-order valence-electron chi connectivity index (χ2n) is 6.78. The first-order valence-corrected chi connectivity index (χ1v) is 9.96. The standard InChI is InChI=1S/C11H6ClN3OS.C8H17N/c12-9(16)5-1-2-7-6(3-5)8-10(13)14-4-15-11(8)17-7;1-9(2)8-6-4-3-5-7-8/h1-4H,(H2,13,14,15);8H,3-7H2,1-2H3. The molecular weight excluding hydrogens is 368 g/mol. The zero-order chi connectivity index (χ0) is 18.7. The van der Waals surface area contributed by atoms with Gasteiger partial charge in [0.25, 0.3) is 5.24 Å². The van der Waals surface area contributed by atoms with Gasteiger partial charge in [0.1, 0.15) is 17.0 Å². The van der Waals surface area contributed by atoms with Gasteiger partial charge in [0.2, 0.25) is 0 Å². The number of nitrogens with two attached hydrogens (primary N) is 1. The van der Waals surface area contributed by atoms with Gasteiger partial charge in [0.15, 0.2) is 0 Å². The molecule has 2 aromatic heterocycles. The Morgan fingerprint density at radius 3 is 2.58 bits per heavy atom. The maximum absolute atomic E-state index is 11.1. The van der Waals surface area contributed by atoms with Gasteiger partial charge in [-0.25, -0.2) is 9.97 Å². The third-order valence-electron chi connectivity index (χ3n) is 4.83. The van der Waals surface area contributed by atoms with Gasteiger partial charge >= 0.3 is 0 Å². The summed E-state index contributed by atoms with van der Waals surface area (Å²) in [5, 5.41) is 1.17. The van der Waals surface area contributed by atoms with E-state index in [1.807, 2.05) is 6.07 Å². The zero-order valence-electron chi connectivity index (χ0n) is 15.0. The number of halogens is 1. The van der Waals surface area contributed by atoms with Crippen LogP contribution in [-0.4, -0.2) is 40.2 Å². The van der Waals surface area contributed by atoms with Crippen molar-refractivity contribution in [2.45, 2.75) is 38.1 Å². The van der Waals surface area contributed by atoms with Crippen molar-refractivity contribution in [1.29, 1.82) is 0 Å². The van der Waals surface area contributed by atoms with Gasteiger partial charge in [-0.3, -0.25) is 4.79 Å². The molecule has 4 rings (SSSR count). The summed E-state index contributed by atoms with van der Waals surface area (Å²) in [6, 6.07) is 6.15. The Labute approximate surface area is 162 Å². The fourth-order valence-electron chi connectivity index (χ4n) is 3.35. The minimum absolute atomic E-state index is 0.417. The smallest absolute Gasteiger partial charge is 0.252 e. The van der Waals surface area contributed by atoms with Crippen LogP contribution >= 0.6 is 22.9 Å². The molecule has 0 bridgehead atoms. The summed E-state index contributed by atoms with van der Waals surface area (Å²) in [5.41, 5.74) is 6.28. The predicted molar refractivity (Wildman–Crippen MR) is 110 cm³/mol. The van der Waals surface area contributed by atoms with Gasteiger partial charge in [-0.1, -0.05) is 19.3 Å². The van der Waals surface area contributed by atoms with Gasteiger partial charge in [-0.15, -0.1) is 11.3 Å². The fourth-order valence-corrected chi connectivity index (χ4v) is 4.50. The van der Waals surface area contributed by atoms with Crippen LogP contribution in [0, 0.1) is 0 Å². The molecular formula is C19H23ClN4OS. The van der Waals surface area contributed by atoms with E-state index >= 15 is 0 Å². The largest absolute Gasteiger partial charge is 0.383 e. The van der Waals surface area contributed by atoms with Crippen molar-refractivity contribution in [3.63, 3.8) is 0 Å². The summed E-state index contributed by atoms with van der Waals surface area (Å²) in [4.78, 5) is 22.4. The molecule has 1 aromatic carbocycles. The minimum atomic E-state index is -0.485. The Morgan fingerprint density at radius 2 is 1.96 bits per heavy atom. The van der Waals surface area contributed by atoms with Crippen LogP contribution in [-0.2, 0) is 0 Å². The number of nitrogens with zero attached hydrogens (tertiary/aromatic N) is 3. The quantitative estimate of drug-likeness (QED) is 0.643. The number of carbonyl (C=O) groups excluding carboxylic acids is 1. The number of thiophene rings is 1. The molecule has 2 N–H and O–H groups in total. The molecule has 0 atom stereocenters. The highest BCUT2D eigenvalue weighted by Gasteiger charge is 2.14. The first-order chi connectivity index (χ1) is 12.5. The molecule has 26 heavy (non-hydrogen) atoms. The van der Waals surface area contributed by atoms with Crippen molar-refractivity contribution in [2.24, 2.45) is 0 Å². The van der Waals surface area contributed by atoms with E-state index in [4.69, 9.17) is 17.3 Å². The molecule has 0 radical (unpaired) electrons. The SMILES string of the molecule is CN(C)C1CCCCC1.Nc1ncnc2sc3ccc(C(=O)Cl)cc3c12. The molecule has 2 heterocycles. The zero-order valence-corrected chi connectivity index (χ0v) is 16.6. The molecule has 0 aliphatic heterocycles. The maximum Gasteiger partial charge on any atom is 0.252 e. The molecule has 138 valence electrons. The highest BCUT2D eigenvalue weighted by Crippen LogP contribution is 2.35. The number of aromatic nitrogens is 2. The molecule has 5 nitrogen and oxygen atoms in total. The number of nitrogen functional groups attached to an aromatic ring is 1. The Hall–Kier alpha value is -1.76. The van der Waals surface area contributed by atoms with Gasteiger partial charge in [-0.2, -0.15) is 0 Å². The Kier molecular flexibility index (Phi) is 6.06. The lowest BCUT2D eigenvalue weighted by Crippen LogP contribution is -2.29. The number of carbonyl (C=O) groups is 1. The minimum Gasteiger partial charge on any atom is -0.383 e. The number of hydrogen-bond acceptors (Lipinski definition) is 6. The lowest BCUT2D eigenvalue weighted by molar-refractivity contribution is 0.108. The second-order valence-corrected chi connectivity index (χ2v) is 8.16. The number of fused-ring (bicyclic) bond motifs is 3. The number of benzene rings is 1. The number of hydrogen-bond donors (Lipinski definition) is 1. The third-order valence-corrected chi connectivity index (χ3v) is 6.13. The van der Waals surface area contributed by atoms with E-state index in [0.717, 1.165) is 26.3 Å². The van der Waals surface area contributed by atoms with Gasteiger partial charge < -0.3 is 10.6 Å². The van der Waals surface area contributed by atoms with Crippen LogP contribution in [0.3, 0.4) is 0 Å². The van der Waals surface area contributed by atoms with E-state index in [2.05, 4.69) is 29.0 Å². The van der Waals surface area contributed by atoms with Gasteiger partial charge in [-0.05, 0) is 56.7 Å². The van der Waals surface area contributed by atoms with Crippen LogP contribution in [0.15, 0.2) is 24.5 Å². The average molecular weight is 391 g/mol. The van der Waals surface area contributed by atoms with Gasteiger partial charge in [0, 0.05) is 21.7 Å². The van der Waals surface area contributed by atoms with Crippen molar-refractivity contribution in [3.05, 3.63) is 30.1 Å². The summed E-state index contributed by atoms with van der Waals surface area (Å²) < 4.78 is 1.01. The summed E-state index contributed by atoms with van der Waals surface area (Å²) in [7, 11) is 4.38. The van der Waals surface area contributed by atoms with Crippen molar-refractivity contribution < 1.29 is 4.79 Å².